The van der Waals surface area contributed by atoms with Crippen molar-refractivity contribution in [2.75, 3.05) is 13.2 Å². The van der Waals surface area contributed by atoms with Gasteiger partial charge in [0.15, 0.2) is 11.5 Å². The van der Waals surface area contributed by atoms with Gasteiger partial charge in [-0.05, 0) is 30.7 Å². The van der Waals surface area contributed by atoms with Gasteiger partial charge in [-0.1, -0.05) is 19.1 Å². The van der Waals surface area contributed by atoms with Gasteiger partial charge in [0.2, 0.25) is 0 Å². The summed E-state index contributed by atoms with van der Waals surface area (Å²) >= 11 is 0. The average molecular weight is 287 g/mol. The number of hydrogen-bond acceptors (Lipinski definition) is 4. The van der Waals surface area contributed by atoms with Crippen molar-refractivity contribution < 1.29 is 9.47 Å². The number of aromatic nitrogens is 2. The maximum atomic E-state index is 6.11. The van der Waals surface area contributed by atoms with Crippen molar-refractivity contribution in [2.45, 2.75) is 25.5 Å². The third kappa shape index (κ3) is 3.19. The van der Waals surface area contributed by atoms with E-state index in [-0.39, 0.29) is 12.1 Å². The molecule has 21 heavy (non-hydrogen) atoms. The number of rotatable bonds is 5. The molecule has 0 saturated carbocycles. The van der Waals surface area contributed by atoms with Crippen LogP contribution in [0.5, 0.6) is 11.5 Å². The number of likely N-dealkylation sites (N-methyl/N-ethyl adjacent to an activating group) is 1. The SMILES string of the molecule is CCNC(Cc1cnn(C)c1)C1COc2ccccc2O1. The van der Waals surface area contributed by atoms with Crippen LogP contribution in [0.15, 0.2) is 36.7 Å². The van der Waals surface area contributed by atoms with Gasteiger partial charge >= 0.3 is 0 Å². The third-order valence-electron chi connectivity index (χ3n) is 3.66. The van der Waals surface area contributed by atoms with Crippen LogP contribution in [0.2, 0.25) is 0 Å². The van der Waals surface area contributed by atoms with Gasteiger partial charge in [0.1, 0.15) is 12.7 Å². The zero-order valence-electron chi connectivity index (χ0n) is 12.5. The van der Waals surface area contributed by atoms with Crippen LogP contribution in [-0.2, 0) is 13.5 Å². The second kappa shape index (κ2) is 6.18. The van der Waals surface area contributed by atoms with Crippen LogP contribution in [0.25, 0.3) is 0 Å². The first kappa shape index (κ1) is 13.9. The second-order valence-corrected chi connectivity index (χ2v) is 5.30. The summed E-state index contributed by atoms with van der Waals surface area (Å²) in [5, 5.41) is 7.73. The van der Waals surface area contributed by atoms with Crippen LogP contribution in [-0.4, -0.2) is 35.1 Å². The molecule has 1 aromatic carbocycles. The molecule has 0 fully saturated rings. The van der Waals surface area contributed by atoms with Crippen LogP contribution < -0.4 is 14.8 Å². The summed E-state index contributed by atoms with van der Waals surface area (Å²) in [6.07, 6.45) is 4.82. The van der Waals surface area contributed by atoms with Gasteiger partial charge in [-0.25, -0.2) is 0 Å². The fraction of sp³-hybridized carbons (Fsp3) is 0.438. The van der Waals surface area contributed by atoms with E-state index in [1.165, 1.54) is 5.56 Å². The molecule has 0 amide bonds. The monoisotopic (exact) mass is 287 g/mol. The van der Waals surface area contributed by atoms with Crippen molar-refractivity contribution >= 4 is 0 Å². The highest BCUT2D eigenvalue weighted by Crippen LogP contribution is 2.31. The zero-order chi connectivity index (χ0) is 14.7. The molecule has 1 N–H and O–H groups in total. The van der Waals surface area contributed by atoms with Gasteiger partial charge in [-0.15, -0.1) is 0 Å². The van der Waals surface area contributed by atoms with Crippen molar-refractivity contribution in [1.82, 2.24) is 15.1 Å². The molecule has 1 aliphatic heterocycles. The lowest BCUT2D eigenvalue weighted by molar-refractivity contribution is 0.0624. The molecule has 2 unspecified atom stereocenters. The molecule has 3 rings (SSSR count). The summed E-state index contributed by atoms with van der Waals surface area (Å²) < 4.78 is 13.8. The highest BCUT2D eigenvalue weighted by atomic mass is 16.6. The Labute approximate surface area is 124 Å². The van der Waals surface area contributed by atoms with Crippen LogP contribution in [0, 0.1) is 0 Å². The number of fused-ring (bicyclic) bond motifs is 1. The Morgan fingerprint density at radius 2 is 2.19 bits per heavy atom. The van der Waals surface area contributed by atoms with Gasteiger partial charge in [0.05, 0.1) is 12.2 Å². The summed E-state index contributed by atoms with van der Waals surface area (Å²) in [6, 6.07) is 8.02. The number of nitrogens with zero attached hydrogens (tertiary/aromatic N) is 2. The fourth-order valence-corrected chi connectivity index (χ4v) is 2.66. The van der Waals surface area contributed by atoms with E-state index in [1.807, 2.05) is 48.4 Å². The Bertz CT molecular complexity index is 597. The predicted molar refractivity (Wildman–Crippen MR) is 80.7 cm³/mol. The molecule has 5 nitrogen and oxygen atoms in total. The Kier molecular flexibility index (Phi) is 4.10. The van der Waals surface area contributed by atoms with E-state index in [9.17, 15) is 0 Å². The van der Waals surface area contributed by atoms with Gasteiger partial charge in [-0.2, -0.15) is 5.10 Å². The van der Waals surface area contributed by atoms with Crippen molar-refractivity contribution in [3.8, 4) is 11.5 Å². The number of para-hydroxylation sites is 2. The molecule has 0 radical (unpaired) electrons. The lowest BCUT2D eigenvalue weighted by Gasteiger charge is -2.32. The molecule has 0 bridgehead atoms. The molecule has 0 saturated heterocycles. The minimum Gasteiger partial charge on any atom is -0.486 e. The summed E-state index contributed by atoms with van der Waals surface area (Å²) in [6.45, 7) is 3.56. The van der Waals surface area contributed by atoms with Crippen LogP contribution in [0.1, 0.15) is 12.5 Å². The quantitative estimate of drug-likeness (QED) is 0.910. The molecule has 1 aromatic heterocycles. The van der Waals surface area contributed by atoms with Crippen molar-refractivity contribution in [3.05, 3.63) is 42.2 Å². The number of hydrogen-bond donors (Lipinski definition) is 1. The van der Waals surface area contributed by atoms with Crippen molar-refractivity contribution in [3.63, 3.8) is 0 Å². The molecular formula is C16H21N3O2. The van der Waals surface area contributed by atoms with E-state index in [4.69, 9.17) is 9.47 Å². The van der Waals surface area contributed by atoms with Crippen molar-refractivity contribution in [2.24, 2.45) is 7.05 Å². The Morgan fingerprint density at radius 1 is 1.38 bits per heavy atom. The fourth-order valence-electron chi connectivity index (χ4n) is 2.66. The first-order chi connectivity index (χ1) is 10.3. The molecular weight excluding hydrogens is 266 g/mol. The van der Waals surface area contributed by atoms with E-state index in [0.29, 0.717) is 6.61 Å². The minimum atomic E-state index is 0.0000520. The molecule has 0 spiro atoms. The molecule has 0 aliphatic carbocycles. The summed E-state index contributed by atoms with van der Waals surface area (Å²) in [5.74, 6) is 1.65. The molecule has 112 valence electrons. The Morgan fingerprint density at radius 3 is 2.90 bits per heavy atom. The minimum absolute atomic E-state index is 0.0000520. The molecule has 1 aliphatic rings. The topological polar surface area (TPSA) is 48.3 Å². The number of nitrogens with one attached hydrogen (secondary N) is 1. The lowest BCUT2D eigenvalue weighted by Crippen LogP contribution is -2.49. The van der Waals surface area contributed by atoms with Crippen LogP contribution in [0.3, 0.4) is 0 Å². The van der Waals surface area contributed by atoms with E-state index >= 15 is 0 Å². The standard InChI is InChI=1S/C16H21N3O2/c1-3-17-13(8-12-9-18-19(2)10-12)16-11-20-14-6-4-5-7-15(14)21-16/h4-7,9-10,13,16-17H,3,8,11H2,1-2H3. The van der Waals surface area contributed by atoms with Crippen LogP contribution in [0.4, 0.5) is 0 Å². The van der Waals surface area contributed by atoms with Gasteiger partial charge in [-0.3, -0.25) is 4.68 Å². The average Bonchev–Trinajstić information content (AvgIpc) is 2.91. The highest BCUT2D eigenvalue weighted by molar-refractivity contribution is 5.40. The Hall–Kier alpha value is -2.01. The number of ether oxygens (including phenoxy) is 2. The second-order valence-electron chi connectivity index (χ2n) is 5.30. The van der Waals surface area contributed by atoms with E-state index in [1.54, 1.807) is 0 Å². The molecule has 2 heterocycles. The number of benzene rings is 1. The van der Waals surface area contributed by atoms with Gasteiger partial charge in [0, 0.05) is 13.2 Å². The zero-order valence-corrected chi connectivity index (χ0v) is 12.5. The summed E-state index contributed by atoms with van der Waals surface area (Å²) in [4.78, 5) is 0. The smallest absolute Gasteiger partial charge is 0.161 e. The normalized spacial score (nSPS) is 18.5. The largest absolute Gasteiger partial charge is 0.486 e. The molecule has 5 heteroatoms. The van der Waals surface area contributed by atoms with Gasteiger partial charge < -0.3 is 14.8 Å². The molecule has 2 aromatic rings. The lowest BCUT2D eigenvalue weighted by atomic mass is 10.0. The third-order valence-corrected chi connectivity index (χ3v) is 3.66. The summed E-state index contributed by atoms with van der Waals surface area (Å²) in [7, 11) is 1.93. The van der Waals surface area contributed by atoms with Crippen LogP contribution >= 0.6 is 0 Å². The number of aryl methyl sites for hydroxylation is 1. The Balaban J connectivity index is 1.72. The first-order valence-electron chi connectivity index (χ1n) is 7.35. The van der Waals surface area contributed by atoms with E-state index in [0.717, 1.165) is 24.5 Å². The highest BCUT2D eigenvalue weighted by Gasteiger charge is 2.28. The van der Waals surface area contributed by atoms with E-state index in [2.05, 4.69) is 17.3 Å². The molecule has 2 atom stereocenters. The van der Waals surface area contributed by atoms with Gasteiger partial charge in [0.25, 0.3) is 0 Å². The maximum Gasteiger partial charge on any atom is 0.161 e. The maximum absolute atomic E-state index is 6.11. The predicted octanol–water partition coefficient (Wildman–Crippen LogP) is 1.78. The van der Waals surface area contributed by atoms with Crippen molar-refractivity contribution in [1.29, 1.82) is 0 Å². The summed E-state index contributed by atoms with van der Waals surface area (Å²) in [5.41, 5.74) is 1.20. The first-order valence-corrected chi connectivity index (χ1v) is 7.35. The van der Waals surface area contributed by atoms with E-state index < -0.39 is 0 Å².